The fourth-order valence-corrected chi connectivity index (χ4v) is 4.66. The zero-order valence-corrected chi connectivity index (χ0v) is 20.5. The van der Waals surface area contributed by atoms with E-state index in [1.165, 1.54) is 4.90 Å². The molecule has 37 heavy (non-hydrogen) atoms. The van der Waals surface area contributed by atoms with E-state index >= 15 is 0 Å². The molecule has 0 spiro atoms. The second kappa shape index (κ2) is 10.7. The largest absolute Gasteiger partial charge is 0.445 e. The maximum absolute atomic E-state index is 13.0. The monoisotopic (exact) mass is 497 g/mol. The molecule has 2 heterocycles. The van der Waals surface area contributed by atoms with Gasteiger partial charge in [-0.05, 0) is 48.6 Å². The Morgan fingerprint density at radius 3 is 2.41 bits per heavy atom. The van der Waals surface area contributed by atoms with Crippen LogP contribution in [0, 0.1) is 6.92 Å². The van der Waals surface area contributed by atoms with E-state index in [0.29, 0.717) is 37.0 Å². The number of rotatable bonds is 6. The standard InChI is InChI=1S/C30H27NO6/c1-20-24-15-14-23(18-27(24)37-28(32)25(20)17-21-9-4-2-5-10-21)36-29(33)26-13-8-16-31(26)30(34)35-19-22-11-6-3-7-12-22/h2-7,9-12,14-15,18,26H,8,13,16-17,19H2,1H3/t26-/m1/s1. The van der Waals surface area contributed by atoms with Crippen LogP contribution in [-0.2, 0) is 22.6 Å². The van der Waals surface area contributed by atoms with Crippen molar-refractivity contribution in [3.8, 4) is 5.75 Å². The predicted molar refractivity (Wildman–Crippen MR) is 138 cm³/mol. The first-order chi connectivity index (χ1) is 18.0. The van der Waals surface area contributed by atoms with Crippen LogP contribution in [0.2, 0.25) is 0 Å². The van der Waals surface area contributed by atoms with E-state index < -0.39 is 23.7 Å². The number of ether oxygens (including phenoxy) is 2. The highest BCUT2D eigenvalue weighted by Crippen LogP contribution is 2.27. The number of carbonyl (C=O) groups is 2. The summed E-state index contributed by atoms with van der Waals surface area (Å²) in [6.45, 7) is 2.44. The van der Waals surface area contributed by atoms with Crippen LogP contribution in [0.3, 0.4) is 0 Å². The maximum atomic E-state index is 13.0. The Kier molecular flexibility index (Phi) is 7.03. The van der Waals surface area contributed by atoms with Gasteiger partial charge in [0.25, 0.3) is 0 Å². The average Bonchev–Trinajstić information content (AvgIpc) is 3.41. The van der Waals surface area contributed by atoms with Crippen LogP contribution in [0.25, 0.3) is 11.0 Å². The van der Waals surface area contributed by atoms with Crippen molar-refractivity contribution in [3.63, 3.8) is 0 Å². The smallest absolute Gasteiger partial charge is 0.410 e. The summed E-state index contributed by atoms with van der Waals surface area (Å²) in [7, 11) is 0. The third kappa shape index (κ3) is 5.40. The van der Waals surface area contributed by atoms with Crippen LogP contribution >= 0.6 is 0 Å². The van der Waals surface area contributed by atoms with E-state index in [0.717, 1.165) is 22.1 Å². The Hall–Kier alpha value is -4.39. The zero-order chi connectivity index (χ0) is 25.8. The molecule has 1 amide bonds. The molecule has 0 aliphatic carbocycles. The van der Waals surface area contributed by atoms with E-state index in [-0.39, 0.29) is 12.4 Å². The highest BCUT2D eigenvalue weighted by atomic mass is 16.6. The molecular formula is C30H27NO6. The fourth-order valence-electron chi connectivity index (χ4n) is 4.66. The van der Waals surface area contributed by atoms with Gasteiger partial charge in [-0.25, -0.2) is 14.4 Å². The number of aryl methyl sites for hydroxylation is 1. The molecule has 7 nitrogen and oxygen atoms in total. The minimum atomic E-state index is -0.735. The summed E-state index contributed by atoms with van der Waals surface area (Å²) in [6, 6.07) is 23.4. The van der Waals surface area contributed by atoms with Gasteiger partial charge >= 0.3 is 17.7 Å². The number of amides is 1. The van der Waals surface area contributed by atoms with Crippen molar-refractivity contribution in [2.45, 2.75) is 38.8 Å². The first-order valence-corrected chi connectivity index (χ1v) is 12.3. The van der Waals surface area contributed by atoms with Crippen molar-refractivity contribution in [1.82, 2.24) is 4.90 Å². The lowest BCUT2D eigenvalue weighted by molar-refractivity contribution is -0.139. The molecule has 4 aromatic rings. The van der Waals surface area contributed by atoms with Crippen molar-refractivity contribution in [2.75, 3.05) is 6.54 Å². The van der Waals surface area contributed by atoms with E-state index in [1.54, 1.807) is 18.2 Å². The highest BCUT2D eigenvalue weighted by molar-refractivity contribution is 5.86. The first kappa shape index (κ1) is 24.3. The van der Waals surface area contributed by atoms with Gasteiger partial charge in [-0.15, -0.1) is 0 Å². The Bertz CT molecular complexity index is 1480. The van der Waals surface area contributed by atoms with E-state index in [2.05, 4.69) is 0 Å². The summed E-state index contributed by atoms with van der Waals surface area (Å²) in [4.78, 5) is 39.8. The Morgan fingerprint density at radius 1 is 0.973 bits per heavy atom. The van der Waals surface area contributed by atoms with Gasteiger partial charge in [0.1, 0.15) is 24.0 Å². The quantitative estimate of drug-likeness (QED) is 0.201. The molecule has 188 valence electrons. The second-order valence-corrected chi connectivity index (χ2v) is 9.13. The van der Waals surface area contributed by atoms with Gasteiger partial charge in [0.2, 0.25) is 0 Å². The number of likely N-dealkylation sites (tertiary alicyclic amines) is 1. The van der Waals surface area contributed by atoms with Crippen molar-refractivity contribution in [1.29, 1.82) is 0 Å². The molecule has 0 N–H and O–H groups in total. The third-order valence-electron chi connectivity index (χ3n) is 6.67. The molecule has 0 saturated carbocycles. The summed E-state index contributed by atoms with van der Waals surface area (Å²) in [5.74, 6) is -0.298. The lowest BCUT2D eigenvalue weighted by Crippen LogP contribution is -2.42. The van der Waals surface area contributed by atoms with Gasteiger partial charge in [-0.3, -0.25) is 4.90 Å². The number of carbonyl (C=O) groups excluding carboxylic acids is 2. The van der Waals surface area contributed by atoms with Crippen LogP contribution < -0.4 is 10.4 Å². The molecule has 1 fully saturated rings. The van der Waals surface area contributed by atoms with Gasteiger partial charge in [-0.1, -0.05) is 60.7 Å². The average molecular weight is 498 g/mol. The molecule has 1 aliphatic rings. The third-order valence-corrected chi connectivity index (χ3v) is 6.67. The summed E-state index contributed by atoms with van der Waals surface area (Å²) >= 11 is 0. The molecular weight excluding hydrogens is 470 g/mol. The SMILES string of the molecule is Cc1c(Cc2ccccc2)c(=O)oc2cc(OC(=O)[C@H]3CCCN3C(=O)OCc3ccccc3)ccc12. The highest BCUT2D eigenvalue weighted by Gasteiger charge is 2.36. The number of esters is 1. The van der Waals surface area contributed by atoms with Gasteiger partial charge in [0.15, 0.2) is 0 Å². The summed E-state index contributed by atoms with van der Waals surface area (Å²) in [6.07, 6.45) is 1.09. The van der Waals surface area contributed by atoms with Crippen molar-refractivity contribution >= 4 is 23.0 Å². The molecule has 1 aliphatic heterocycles. The Balaban J connectivity index is 1.29. The molecule has 0 bridgehead atoms. The minimum absolute atomic E-state index is 0.132. The lowest BCUT2D eigenvalue weighted by Gasteiger charge is -2.22. The van der Waals surface area contributed by atoms with Crippen LogP contribution in [-0.4, -0.2) is 29.5 Å². The number of hydrogen-bond acceptors (Lipinski definition) is 6. The normalized spacial score (nSPS) is 15.1. The van der Waals surface area contributed by atoms with Gasteiger partial charge in [0, 0.05) is 30.0 Å². The van der Waals surface area contributed by atoms with Crippen LogP contribution in [0.5, 0.6) is 5.75 Å². The van der Waals surface area contributed by atoms with Crippen LogP contribution in [0.15, 0.2) is 88.1 Å². The molecule has 3 aromatic carbocycles. The van der Waals surface area contributed by atoms with Crippen molar-refractivity contribution in [2.24, 2.45) is 0 Å². The molecule has 1 saturated heterocycles. The minimum Gasteiger partial charge on any atom is -0.445 e. The Labute approximate surface area is 214 Å². The number of fused-ring (bicyclic) bond motifs is 1. The van der Waals surface area contributed by atoms with E-state index in [4.69, 9.17) is 13.9 Å². The predicted octanol–water partition coefficient (Wildman–Crippen LogP) is 5.40. The number of benzene rings is 3. The Morgan fingerprint density at radius 2 is 1.68 bits per heavy atom. The first-order valence-electron chi connectivity index (χ1n) is 12.3. The molecule has 7 heteroatoms. The maximum Gasteiger partial charge on any atom is 0.410 e. The van der Waals surface area contributed by atoms with E-state index in [9.17, 15) is 14.4 Å². The molecule has 5 rings (SSSR count). The van der Waals surface area contributed by atoms with E-state index in [1.807, 2.05) is 67.6 Å². The van der Waals surface area contributed by atoms with Crippen LogP contribution in [0.1, 0.15) is 35.1 Å². The zero-order valence-electron chi connectivity index (χ0n) is 20.5. The molecule has 0 radical (unpaired) electrons. The summed E-state index contributed by atoms with van der Waals surface area (Å²) in [5.41, 5.74) is 3.24. The molecule has 1 aromatic heterocycles. The second-order valence-electron chi connectivity index (χ2n) is 9.13. The summed E-state index contributed by atoms with van der Waals surface area (Å²) in [5, 5.41) is 0.775. The number of hydrogen-bond donors (Lipinski definition) is 0. The lowest BCUT2D eigenvalue weighted by atomic mass is 10.00. The summed E-state index contributed by atoms with van der Waals surface area (Å²) < 4.78 is 16.6. The van der Waals surface area contributed by atoms with Gasteiger partial charge < -0.3 is 13.9 Å². The number of nitrogens with zero attached hydrogens (tertiary/aromatic N) is 1. The fraction of sp³-hybridized carbons (Fsp3) is 0.233. The van der Waals surface area contributed by atoms with Crippen molar-refractivity contribution in [3.05, 3.63) is 112 Å². The molecule has 1 atom stereocenters. The topological polar surface area (TPSA) is 86.0 Å². The van der Waals surface area contributed by atoms with Crippen LogP contribution in [0.4, 0.5) is 4.79 Å². The van der Waals surface area contributed by atoms with Gasteiger partial charge in [0.05, 0.1) is 0 Å². The molecule has 0 unspecified atom stereocenters. The van der Waals surface area contributed by atoms with Crippen molar-refractivity contribution < 1.29 is 23.5 Å². The van der Waals surface area contributed by atoms with Gasteiger partial charge in [-0.2, -0.15) is 0 Å².